The molecule has 0 fully saturated rings. The second-order valence-corrected chi connectivity index (χ2v) is 6.68. The van der Waals surface area contributed by atoms with E-state index in [0.29, 0.717) is 27.5 Å². The highest BCUT2D eigenvalue weighted by Gasteiger charge is 2.14. The van der Waals surface area contributed by atoms with E-state index < -0.39 is 0 Å². The van der Waals surface area contributed by atoms with Crippen LogP contribution in [0.15, 0.2) is 71.5 Å². The summed E-state index contributed by atoms with van der Waals surface area (Å²) in [4.78, 5) is 17.7. The van der Waals surface area contributed by atoms with Crippen molar-refractivity contribution in [1.29, 1.82) is 0 Å². The first-order chi connectivity index (χ1) is 13.1. The fourth-order valence-electron chi connectivity index (χ4n) is 3.16. The number of aromatic nitrogens is 2. The second kappa shape index (κ2) is 6.89. The molecule has 0 saturated carbocycles. The SMILES string of the molecule is COc1ccccc1-c1nc2ccc(-c3ccc(Cl)cc3)cc2c(=O)n1C. The van der Waals surface area contributed by atoms with Crippen molar-refractivity contribution in [2.24, 2.45) is 7.05 Å². The van der Waals surface area contributed by atoms with Gasteiger partial charge in [-0.1, -0.05) is 41.9 Å². The van der Waals surface area contributed by atoms with Gasteiger partial charge in [0.25, 0.3) is 5.56 Å². The third kappa shape index (κ3) is 3.09. The van der Waals surface area contributed by atoms with Crippen molar-refractivity contribution < 1.29 is 4.74 Å². The number of methoxy groups -OCH3 is 1. The summed E-state index contributed by atoms with van der Waals surface area (Å²) >= 11 is 5.97. The number of benzene rings is 3. The molecule has 0 amide bonds. The Kier molecular flexibility index (Phi) is 4.42. The van der Waals surface area contributed by atoms with Gasteiger partial charge in [0.2, 0.25) is 0 Å². The number of fused-ring (bicyclic) bond motifs is 1. The zero-order valence-electron chi connectivity index (χ0n) is 14.9. The molecule has 0 saturated heterocycles. The molecule has 4 nitrogen and oxygen atoms in total. The van der Waals surface area contributed by atoms with Gasteiger partial charge in [0.1, 0.15) is 11.6 Å². The van der Waals surface area contributed by atoms with Crippen LogP contribution in [-0.2, 0) is 7.05 Å². The van der Waals surface area contributed by atoms with Gasteiger partial charge in [-0.25, -0.2) is 4.98 Å². The van der Waals surface area contributed by atoms with Crippen molar-refractivity contribution in [3.05, 3.63) is 82.1 Å². The molecule has 0 aliphatic rings. The average Bonchev–Trinajstić information content (AvgIpc) is 2.71. The molecule has 0 N–H and O–H groups in total. The van der Waals surface area contributed by atoms with Crippen molar-refractivity contribution in [3.8, 4) is 28.3 Å². The number of ether oxygens (including phenoxy) is 1. The maximum atomic E-state index is 13.0. The molecule has 3 aromatic carbocycles. The molecule has 0 radical (unpaired) electrons. The summed E-state index contributed by atoms with van der Waals surface area (Å²) < 4.78 is 6.99. The Balaban J connectivity index is 1.92. The van der Waals surface area contributed by atoms with E-state index in [1.807, 2.05) is 66.7 Å². The zero-order chi connectivity index (χ0) is 19.0. The lowest BCUT2D eigenvalue weighted by Gasteiger charge is -2.13. The van der Waals surface area contributed by atoms with Crippen molar-refractivity contribution in [3.63, 3.8) is 0 Å². The van der Waals surface area contributed by atoms with Gasteiger partial charge >= 0.3 is 0 Å². The first-order valence-corrected chi connectivity index (χ1v) is 8.86. The largest absolute Gasteiger partial charge is 0.496 e. The van der Waals surface area contributed by atoms with E-state index in [9.17, 15) is 4.79 Å². The Morgan fingerprint density at radius 2 is 1.67 bits per heavy atom. The molecule has 0 unspecified atom stereocenters. The van der Waals surface area contributed by atoms with Gasteiger partial charge < -0.3 is 4.74 Å². The third-order valence-corrected chi connectivity index (χ3v) is 4.85. The van der Waals surface area contributed by atoms with Crippen LogP contribution in [0, 0.1) is 0 Å². The highest BCUT2D eigenvalue weighted by molar-refractivity contribution is 6.30. The zero-order valence-corrected chi connectivity index (χ0v) is 15.7. The lowest BCUT2D eigenvalue weighted by molar-refractivity contribution is 0.416. The summed E-state index contributed by atoms with van der Waals surface area (Å²) in [5, 5.41) is 1.25. The molecule has 134 valence electrons. The van der Waals surface area contributed by atoms with Crippen LogP contribution < -0.4 is 10.3 Å². The topological polar surface area (TPSA) is 44.1 Å². The molecular weight excluding hydrogens is 360 g/mol. The molecule has 1 heterocycles. The quantitative estimate of drug-likeness (QED) is 0.509. The number of para-hydroxylation sites is 1. The van der Waals surface area contributed by atoms with E-state index in [4.69, 9.17) is 21.3 Å². The van der Waals surface area contributed by atoms with E-state index in [-0.39, 0.29) is 5.56 Å². The van der Waals surface area contributed by atoms with Gasteiger partial charge in [0, 0.05) is 12.1 Å². The van der Waals surface area contributed by atoms with Gasteiger partial charge in [-0.15, -0.1) is 0 Å². The molecule has 1 aromatic heterocycles. The lowest BCUT2D eigenvalue weighted by Crippen LogP contribution is -2.20. The summed E-state index contributed by atoms with van der Waals surface area (Å²) in [5.74, 6) is 1.25. The molecule has 27 heavy (non-hydrogen) atoms. The molecule has 4 aromatic rings. The minimum Gasteiger partial charge on any atom is -0.496 e. The van der Waals surface area contributed by atoms with E-state index in [0.717, 1.165) is 16.7 Å². The molecular formula is C22H17ClN2O2. The maximum absolute atomic E-state index is 13.0. The number of nitrogens with zero attached hydrogens (tertiary/aromatic N) is 2. The van der Waals surface area contributed by atoms with E-state index >= 15 is 0 Å². The van der Waals surface area contributed by atoms with Crippen LogP contribution in [0.4, 0.5) is 0 Å². The Hall–Kier alpha value is -3.11. The molecule has 0 spiro atoms. The molecule has 0 aliphatic heterocycles. The van der Waals surface area contributed by atoms with Gasteiger partial charge in [-0.05, 0) is 47.5 Å². The van der Waals surface area contributed by atoms with Crippen LogP contribution in [0.25, 0.3) is 33.4 Å². The Morgan fingerprint density at radius 3 is 2.41 bits per heavy atom. The minimum absolute atomic E-state index is 0.100. The number of hydrogen-bond donors (Lipinski definition) is 0. The van der Waals surface area contributed by atoms with Gasteiger partial charge in [0.15, 0.2) is 0 Å². The normalized spacial score (nSPS) is 10.9. The first kappa shape index (κ1) is 17.3. The predicted molar refractivity (Wildman–Crippen MR) is 109 cm³/mol. The minimum atomic E-state index is -0.100. The predicted octanol–water partition coefficient (Wildman–Crippen LogP) is 4.93. The average molecular weight is 377 g/mol. The monoisotopic (exact) mass is 376 g/mol. The summed E-state index contributed by atoms with van der Waals surface area (Å²) in [6.07, 6.45) is 0. The van der Waals surface area contributed by atoms with Crippen LogP contribution in [0.2, 0.25) is 5.02 Å². The lowest BCUT2D eigenvalue weighted by atomic mass is 10.0. The second-order valence-electron chi connectivity index (χ2n) is 6.24. The summed E-state index contributed by atoms with van der Waals surface area (Å²) in [7, 11) is 3.34. The van der Waals surface area contributed by atoms with Crippen LogP contribution in [0.1, 0.15) is 0 Å². The molecule has 0 aliphatic carbocycles. The highest BCUT2D eigenvalue weighted by atomic mass is 35.5. The standard InChI is InChI=1S/C22H17ClN2O2/c1-25-21(17-5-3-4-6-20(17)27-2)24-19-12-9-15(13-18(19)22(25)26)14-7-10-16(23)11-8-14/h3-13H,1-2H3. The van der Waals surface area contributed by atoms with Gasteiger partial charge in [0.05, 0.1) is 23.6 Å². The molecule has 0 atom stereocenters. The third-order valence-electron chi connectivity index (χ3n) is 4.60. The smallest absolute Gasteiger partial charge is 0.261 e. The van der Waals surface area contributed by atoms with Crippen molar-refractivity contribution in [2.75, 3.05) is 7.11 Å². The van der Waals surface area contributed by atoms with Crippen molar-refractivity contribution >= 4 is 22.5 Å². The van der Waals surface area contributed by atoms with Crippen LogP contribution in [0.3, 0.4) is 0 Å². The maximum Gasteiger partial charge on any atom is 0.261 e. The highest BCUT2D eigenvalue weighted by Crippen LogP contribution is 2.29. The molecule has 4 rings (SSSR count). The van der Waals surface area contributed by atoms with E-state index in [2.05, 4.69) is 0 Å². The summed E-state index contributed by atoms with van der Waals surface area (Å²) in [6, 6.07) is 20.8. The summed E-state index contributed by atoms with van der Waals surface area (Å²) in [5.41, 5.74) is 3.27. The van der Waals surface area contributed by atoms with Crippen molar-refractivity contribution in [1.82, 2.24) is 9.55 Å². The van der Waals surface area contributed by atoms with Gasteiger partial charge in [-0.3, -0.25) is 9.36 Å². The Morgan fingerprint density at radius 1 is 0.963 bits per heavy atom. The number of halogens is 1. The van der Waals surface area contributed by atoms with E-state index in [1.165, 1.54) is 0 Å². The van der Waals surface area contributed by atoms with Crippen LogP contribution in [0.5, 0.6) is 5.75 Å². The van der Waals surface area contributed by atoms with Crippen molar-refractivity contribution in [2.45, 2.75) is 0 Å². The Bertz CT molecular complexity index is 1200. The molecule has 5 heteroatoms. The van der Waals surface area contributed by atoms with E-state index in [1.54, 1.807) is 18.7 Å². The Labute approximate surface area is 161 Å². The fraction of sp³-hybridized carbons (Fsp3) is 0.0909. The first-order valence-electron chi connectivity index (χ1n) is 8.48. The van der Waals surface area contributed by atoms with Crippen LogP contribution >= 0.6 is 11.6 Å². The fourth-order valence-corrected chi connectivity index (χ4v) is 3.29. The number of rotatable bonds is 3. The summed E-state index contributed by atoms with van der Waals surface area (Å²) in [6.45, 7) is 0. The number of hydrogen-bond acceptors (Lipinski definition) is 3. The van der Waals surface area contributed by atoms with Gasteiger partial charge in [-0.2, -0.15) is 0 Å². The van der Waals surface area contributed by atoms with Crippen LogP contribution in [-0.4, -0.2) is 16.7 Å². The molecule has 0 bridgehead atoms.